The molecule has 2 rings (SSSR count). The van der Waals surface area contributed by atoms with E-state index in [1.165, 1.54) is 30.0 Å². The molecule has 4 N–H and O–H groups in total. The number of rotatable bonds is 5. The van der Waals surface area contributed by atoms with Crippen LogP contribution >= 0.6 is 0 Å². The molecular formula is C26H44F3N5O2. The van der Waals surface area contributed by atoms with E-state index in [4.69, 9.17) is 5.84 Å². The van der Waals surface area contributed by atoms with Crippen molar-refractivity contribution in [3.63, 3.8) is 0 Å². The molecule has 1 aromatic rings. The van der Waals surface area contributed by atoms with E-state index >= 15 is 0 Å². The highest BCUT2D eigenvalue weighted by atomic mass is 19.4. The fourth-order valence-corrected chi connectivity index (χ4v) is 2.29. The summed E-state index contributed by atoms with van der Waals surface area (Å²) < 4.78 is 40.2. The van der Waals surface area contributed by atoms with Crippen LogP contribution in [0.15, 0.2) is 72.1 Å². The minimum atomic E-state index is -4.68. The van der Waals surface area contributed by atoms with Crippen molar-refractivity contribution in [1.29, 1.82) is 0 Å². The fraction of sp³-hybridized carbons (Fsp3) is 0.423. The Kier molecular flexibility index (Phi) is 23.3. The summed E-state index contributed by atoms with van der Waals surface area (Å²) in [5.41, 5.74) is 7.25. The Labute approximate surface area is 215 Å². The van der Waals surface area contributed by atoms with Gasteiger partial charge in [0.1, 0.15) is 12.9 Å². The quantitative estimate of drug-likeness (QED) is 0.182. The zero-order chi connectivity index (χ0) is 28.7. The minimum absolute atomic E-state index is 0.0831. The van der Waals surface area contributed by atoms with E-state index in [1.807, 2.05) is 35.0 Å². The smallest absolute Gasteiger partial charge is 0.410 e. The summed E-state index contributed by atoms with van der Waals surface area (Å²) >= 11 is 0. The first kappa shape index (κ1) is 37.5. The highest BCUT2D eigenvalue weighted by Crippen LogP contribution is 2.25. The second kappa shape index (κ2) is 22.4. The lowest BCUT2D eigenvalue weighted by atomic mass is 10.1. The molecule has 10 heteroatoms. The summed E-state index contributed by atoms with van der Waals surface area (Å²) in [5, 5.41) is 8.44. The fourth-order valence-electron chi connectivity index (χ4n) is 2.29. The number of nitrogens with two attached hydrogens (primary N) is 1. The number of oxime groups is 1. The summed E-state index contributed by atoms with van der Waals surface area (Å²) in [6, 6.07) is 6.27. The van der Waals surface area contributed by atoms with Gasteiger partial charge in [0, 0.05) is 38.8 Å². The Morgan fingerprint density at radius 3 is 2.14 bits per heavy atom. The van der Waals surface area contributed by atoms with Crippen LogP contribution in [0, 0.1) is 13.8 Å². The van der Waals surface area contributed by atoms with Crippen LogP contribution in [0.25, 0.3) is 0 Å². The summed E-state index contributed by atoms with van der Waals surface area (Å²) in [6.45, 7) is 15.9. The van der Waals surface area contributed by atoms with Crippen molar-refractivity contribution in [3.05, 3.63) is 78.1 Å². The van der Waals surface area contributed by atoms with Crippen molar-refractivity contribution >= 4 is 11.4 Å². The van der Waals surface area contributed by atoms with Gasteiger partial charge < -0.3 is 14.9 Å². The molecular weight excluding hydrogens is 471 g/mol. The van der Waals surface area contributed by atoms with Crippen molar-refractivity contribution in [2.24, 2.45) is 11.0 Å². The molecule has 1 aromatic carbocycles. The van der Waals surface area contributed by atoms with Gasteiger partial charge in [-0.05, 0) is 44.0 Å². The first-order valence-electron chi connectivity index (χ1n) is 11.2. The summed E-state index contributed by atoms with van der Waals surface area (Å²) in [7, 11) is 6.95. The SMILES string of the molecule is C=C.CC.CN(C)NN.CNc1cccc(C)c1C.CON=C(C)C1=CC=CCC(OC(F)(F)F)=C1. The molecule has 0 fully saturated rings. The zero-order valence-electron chi connectivity index (χ0n) is 23.1. The predicted molar refractivity (Wildman–Crippen MR) is 146 cm³/mol. The van der Waals surface area contributed by atoms with Gasteiger partial charge in [0.2, 0.25) is 0 Å². The molecule has 0 heterocycles. The Morgan fingerprint density at radius 1 is 1.17 bits per heavy atom. The van der Waals surface area contributed by atoms with E-state index < -0.39 is 6.36 Å². The average Bonchev–Trinajstić information content (AvgIpc) is 3.08. The van der Waals surface area contributed by atoms with Gasteiger partial charge in [0.15, 0.2) is 0 Å². The second-order valence-corrected chi connectivity index (χ2v) is 6.79. The van der Waals surface area contributed by atoms with E-state index in [0.29, 0.717) is 11.3 Å². The van der Waals surface area contributed by atoms with Gasteiger partial charge in [0.25, 0.3) is 0 Å². The van der Waals surface area contributed by atoms with Crippen LogP contribution < -0.4 is 16.7 Å². The maximum Gasteiger partial charge on any atom is 0.572 e. The van der Waals surface area contributed by atoms with Gasteiger partial charge in [-0.25, -0.2) is 5.01 Å². The van der Waals surface area contributed by atoms with Crippen molar-refractivity contribution in [3.8, 4) is 0 Å². The van der Waals surface area contributed by atoms with Crippen molar-refractivity contribution in [2.45, 2.75) is 47.4 Å². The number of hydrogen-bond donors (Lipinski definition) is 3. The molecule has 0 bridgehead atoms. The van der Waals surface area contributed by atoms with Crippen molar-refractivity contribution in [1.82, 2.24) is 10.5 Å². The van der Waals surface area contributed by atoms with Crippen LogP contribution in [0.5, 0.6) is 0 Å². The highest BCUT2D eigenvalue weighted by Gasteiger charge is 2.32. The molecule has 1 aliphatic rings. The molecule has 0 saturated carbocycles. The number of benzene rings is 1. The van der Waals surface area contributed by atoms with E-state index in [2.05, 4.69) is 70.8 Å². The maximum absolute atomic E-state index is 12.1. The molecule has 0 atom stereocenters. The molecule has 7 nitrogen and oxygen atoms in total. The molecule has 0 aliphatic heterocycles. The number of halogens is 3. The third-order valence-electron chi connectivity index (χ3n) is 4.07. The predicted octanol–water partition coefficient (Wildman–Crippen LogP) is 6.42. The molecule has 0 saturated heterocycles. The molecule has 0 unspecified atom stereocenters. The van der Waals surface area contributed by atoms with Crippen molar-refractivity contribution < 1.29 is 22.7 Å². The van der Waals surface area contributed by atoms with Gasteiger partial charge in [-0.3, -0.25) is 5.84 Å². The van der Waals surface area contributed by atoms with Crippen LogP contribution in [0.2, 0.25) is 0 Å². The number of hydrogen-bond acceptors (Lipinski definition) is 7. The number of anilines is 1. The van der Waals surface area contributed by atoms with Gasteiger partial charge in [-0.15, -0.1) is 26.3 Å². The molecule has 0 aromatic heterocycles. The Hall–Kier alpha value is -3.08. The first-order valence-corrected chi connectivity index (χ1v) is 11.2. The third kappa shape index (κ3) is 19.2. The van der Waals surface area contributed by atoms with Crippen molar-refractivity contribution in [2.75, 3.05) is 33.6 Å². The van der Waals surface area contributed by atoms with Gasteiger partial charge in [-0.1, -0.05) is 49.4 Å². The number of alkyl halides is 3. The lowest BCUT2D eigenvalue weighted by Gasteiger charge is -2.11. The standard InChI is InChI=1S/C11H12F3NO2.C9H13N.C2H9N3.C2H6.C2H4/c1-8(15-16-2)9-5-3-4-6-10(7-9)17-11(12,13)14;1-7-5-4-6-9(10-3)8(7)2;1-5(2)4-3;2*1-2/h3-5,7H,6H2,1-2H3;4-6,10H,1-3H3;4H,3H2,1-2H3;1-2H3;1-2H2. The van der Waals surface area contributed by atoms with E-state index in [0.717, 1.165) is 0 Å². The topological polar surface area (TPSA) is 84.1 Å². The minimum Gasteiger partial charge on any atom is -0.410 e. The van der Waals surface area contributed by atoms with Gasteiger partial charge >= 0.3 is 6.36 Å². The lowest BCUT2D eigenvalue weighted by Crippen LogP contribution is -2.36. The third-order valence-corrected chi connectivity index (χ3v) is 4.07. The summed E-state index contributed by atoms with van der Waals surface area (Å²) in [5.74, 6) is 4.67. The Morgan fingerprint density at radius 2 is 1.72 bits per heavy atom. The maximum atomic E-state index is 12.1. The van der Waals surface area contributed by atoms with Gasteiger partial charge in [0.05, 0.1) is 5.71 Å². The number of nitrogens with one attached hydrogen (secondary N) is 2. The average molecular weight is 516 g/mol. The number of aryl methyl sites for hydroxylation is 1. The second-order valence-electron chi connectivity index (χ2n) is 6.79. The van der Waals surface area contributed by atoms with Gasteiger partial charge in [-0.2, -0.15) is 5.53 Å². The van der Waals surface area contributed by atoms with E-state index in [1.54, 1.807) is 30.2 Å². The number of allylic oxidation sites excluding steroid dienone is 5. The van der Waals surface area contributed by atoms with Crippen LogP contribution in [0.1, 0.15) is 38.3 Å². The number of ether oxygens (including phenoxy) is 1. The molecule has 0 spiro atoms. The molecule has 1 aliphatic carbocycles. The molecule has 206 valence electrons. The monoisotopic (exact) mass is 515 g/mol. The van der Waals surface area contributed by atoms with Crippen LogP contribution in [-0.2, 0) is 9.57 Å². The van der Waals surface area contributed by atoms with E-state index in [-0.39, 0.29) is 12.2 Å². The number of nitrogens with zero attached hydrogens (tertiary/aromatic N) is 2. The Bertz CT molecular complexity index is 833. The normalized spacial score (nSPS) is 12.3. The van der Waals surface area contributed by atoms with Crippen LogP contribution in [0.3, 0.4) is 0 Å². The number of hydrazine groups is 2. The van der Waals surface area contributed by atoms with E-state index in [9.17, 15) is 13.2 Å². The van der Waals surface area contributed by atoms with Crippen LogP contribution in [0.4, 0.5) is 18.9 Å². The lowest BCUT2D eigenvalue weighted by molar-refractivity contribution is -0.305. The molecule has 0 amide bonds. The molecule has 0 radical (unpaired) electrons. The largest absolute Gasteiger partial charge is 0.572 e. The summed E-state index contributed by atoms with van der Waals surface area (Å²) in [4.78, 5) is 4.56. The highest BCUT2D eigenvalue weighted by molar-refractivity contribution is 6.00. The molecule has 36 heavy (non-hydrogen) atoms. The Balaban J connectivity index is -0.000000484. The first-order chi connectivity index (χ1) is 16.9. The summed E-state index contributed by atoms with van der Waals surface area (Å²) in [6.07, 6.45) is 1.56. The zero-order valence-corrected chi connectivity index (χ0v) is 23.1. The van der Waals surface area contributed by atoms with Crippen LogP contribution in [-0.4, -0.2) is 45.3 Å².